The molecule has 35 heavy (non-hydrogen) atoms. The van der Waals surface area contributed by atoms with Crippen LogP contribution in [0.5, 0.6) is 0 Å². The van der Waals surface area contributed by atoms with Gasteiger partial charge in [0.1, 0.15) is 0 Å². The van der Waals surface area contributed by atoms with E-state index in [9.17, 15) is 0 Å². The highest BCUT2D eigenvalue weighted by atomic mass is 35.5. The average Bonchev–Trinajstić information content (AvgIpc) is 3.32. The first kappa shape index (κ1) is 20.6. The molecule has 0 atom stereocenters. The Bertz CT molecular complexity index is 1760. The third-order valence-corrected chi connectivity index (χ3v) is 7.90. The zero-order valence-electron chi connectivity index (χ0n) is 19.7. The van der Waals surface area contributed by atoms with Crippen molar-refractivity contribution < 1.29 is 0 Å². The molecule has 1 aliphatic rings. The predicted molar refractivity (Wildman–Crippen MR) is 149 cm³/mol. The monoisotopic (exact) mass is 469 g/mol. The standard InChI is InChI=1S/C33H24ClN/c1-33(2)29-11-7-6-10-25(29)27-19-28-26-17-14-23(34)18-31(26)35(32(28)20-30(27)33)24-15-12-22(13-16-24)21-8-4-3-5-9-21/h3-20H,1-2H3. The van der Waals surface area contributed by atoms with Gasteiger partial charge in [0.25, 0.3) is 0 Å². The lowest BCUT2D eigenvalue weighted by Gasteiger charge is -2.21. The molecule has 1 aliphatic carbocycles. The minimum atomic E-state index is -0.0454. The van der Waals surface area contributed by atoms with Crippen LogP contribution < -0.4 is 0 Å². The molecular weight excluding hydrogens is 446 g/mol. The van der Waals surface area contributed by atoms with Gasteiger partial charge in [0.15, 0.2) is 0 Å². The third kappa shape index (κ3) is 2.95. The van der Waals surface area contributed by atoms with Crippen LogP contribution in [-0.4, -0.2) is 4.57 Å². The molecule has 0 amide bonds. The molecule has 168 valence electrons. The molecule has 0 aliphatic heterocycles. The summed E-state index contributed by atoms with van der Waals surface area (Å²) in [5, 5.41) is 3.23. The van der Waals surface area contributed by atoms with Crippen molar-refractivity contribution in [2.24, 2.45) is 0 Å². The Balaban J connectivity index is 1.51. The van der Waals surface area contributed by atoms with Crippen LogP contribution >= 0.6 is 11.6 Å². The SMILES string of the molecule is CC1(C)c2ccccc2-c2cc3c4ccc(Cl)cc4n(-c4ccc(-c5ccccc5)cc4)c3cc21. The van der Waals surface area contributed by atoms with E-state index in [0.717, 1.165) is 16.2 Å². The van der Waals surface area contributed by atoms with Crippen LogP contribution in [0.2, 0.25) is 5.02 Å². The van der Waals surface area contributed by atoms with Gasteiger partial charge in [-0.15, -0.1) is 0 Å². The molecule has 1 heterocycles. The second kappa shape index (κ2) is 7.34. The zero-order valence-corrected chi connectivity index (χ0v) is 20.5. The molecule has 1 nitrogen and oxygen atoms in total. The van der Waals surface area contributed by atoms with Gasteiger partial charge in [-0.25, -0.2) is 0 Å². The maximum absolute atomic E-state index is 6.51. The molecule has 0 unspecified atom stereocenters. The molecule has 6 aromatic rings. The summed E-state index contributed by atoms with van der Waals surface area (Å²) in [6.07, 6.45) is 0. The van der Waals surface area contributed by atoms with Gasteiger partial charge in [-0.2, -0.15) is 0 Å². The van der Waals surface area contributed by atoms with Gasteiger partial charge < -0.3 is 4.57 Å². The number of hydrogen-bond donors (Lipinski definition) is 0. The third-order valence-electron chi connectivity index (χ3n) is 7.66. The van der Waals surface area contributed by atoms with Gasteiger partial charge in [0.05, 0.1) is 11.0 Å². The van der Waals surface area contributed by atoms with E-state index >= 15 is 0 Å². The van der Waals surface area contributed by atoms with E-state index in [0.29, 0.717) is 0 Å². The summed E-state index contributed by atoms with van der Waals surface area (Å²) in [6.45, 7) is 4.67. The topological polar surface area (TPSA) is 4.93 Å². The Kier molecular flexibility index (Phi) is 4.31. The fraction of sp³-hybridized carbons (Fsp3) is 0.0909. The minimum absolute atomic E-state index is 0.0454. The van der Waals surface area contributed by atoms with Gasteiger partial charge in [-0.05, 0) is 69.8 Å². The van der Waals surface area contributed by atoms with Crippen LogP contribution in [0.15, 0.2) is 109 Å². The van der Waals surface area contributed by atoms with Gasteiger partial charge in [-0.1, -0.05) is 98.2 Å². The fourth-order valence-corrected chi connectivity index (χ4v) is 6.06. The van der Waals surface area contributed by atoms with E-state index in [1.54, 1.807) is 0 Å². The smallest absolute Gasteiger partial charge is 0.0555 e. The zero-order chi connectivity index (χ0) is 23.7. The molecule has 0 saturated heterocycles. The number of rotatable bonds is 2. The first-order valence-corrected chi connectivity index (χ1v) is 12.4. The summed E-state index contributed by atoms with van der Waals surface area (Å²) in [7, 11) is 0. The highest BCUT2D eigenvalue weighted by Crippen LogP contribution is 2.51. The van der Waals surface area contributed by atoms with Gasteiger partial charge in [0.2, 0.25) is 0 Å². The minimum Gasteiger partial charge on any atom is -0.309 e. The molecule has 1 aromatic heterocycles. The van der Waals surface area contributed by atoms with Crippen molar-refractivity contribution in [3.05, 3.63) is 125 Å². The highest BCUT2D eigenvalue weighted by Gasteiger charge is 2.36. The molecule has 0 N–H and O–H groups in total. The first-order valence-electron chi connectivity index (χ1n) is 12.1. The van der Waals surface area contributed by atoms with Crippen LogP contribution in [0.1, 0.15) is 25.0 Å². The molecule has 5 aromatic carbocycles. The van der Waals surface area contributed by atoms with Crippen LogP contribution in [0.4, 0.5) is 0 Å². The van der Waals surface area contributed by atoms with Gasteiger partial charge in [-0.3, -0.25) is 0 Å². The van der Waals surface area contributed by atoms with E-state index in [1.807, 2.05) is 6.07 Å². The van der Waals surface area contributed by atoms with E-state index < -0.39 is 0 Å². The molecule has 0 fully saturated rings. The summed E-state index contributed by atoms with van der Waals surface area (Å²) < 4.78 is 2.37. The van der Waals surface area contributed by atoms with E-state index in [4.69, 9.17) is 11.6 Å². The van der Waals surface area contributed by atoms with Crippen LogP contribution in [0.25, 0.3) is 49.7 Å². The molecule has 0 saturated carbocycles. The summed E-state index contributed by atoms with van der Waals surface area (Å²) in [5.74, 6) is 0. The predicted octanol–water partition coefficient (Wildman–Crippen LogP) is 9.41. The Morgan fingerprint density at radius 2 is 1.26 bits per heavy atom. The highest BCUT2D eigenvalue weighted by molar-refractivity contribution is 6.31. The molecular formula is C33H24ClN. The summed E-state index contributed by atoms with van der Waals surface area (Å²) in [6, 6.07) is 39.2. The lowest BCUT2D eigenvalue weighted by atomic mass is 9.82. The lowest BCUT2D eigenvalue weighted by Crippen LogP contribution is -2.14. The number of halogens is 1. The molecule has 0 bridgehead atoms. The number of nitrogens with zero attached hydrogens (tertiary/aromatic N) is 1. The van der Waals surface area contributed by atoms with Crippen LogP contribution in [0.3, 0.4) is 0 Å². The van der Waals surface area contributed by atoms with Crippen LogP contribution in [0, 0.1) is 0 Å². The van der Waals surface area contributed by atoms with Crippen molar-refractivity contribution in [1.29, 1.82) is 0 Å². The number of benzene rings is 5. The number of aromatic nitrogens is 1. The van der Waals surface area contributed by atoms with E-state index in [-0.39, 0.29) is 5.41 Å². The van der Waals surface area contributed by atoms with Crippen LogP contribution in [-0.2, 0) is 5.41 Å². The fourth-order valence-electron chi connectivity index (χ4n) is 5.90. The van der Waals surface area contributed by atoms with Crippen molar-refractivity contribution in [1.82, 2.24) is 4.57 Å². The van der Waals surface area contributed by atoms with E-state index in [2.05, 4.69) is 122 Å². The number of fused-ring (bicyclic) bond motifs is 6. The molecule has 7 rings (SSSR count). The van der Waals surface area contributed by atoms with Crippen molar-refractivity contribution in [3.63, 3.8) is 0 Å². The number of hydrogen-bond acceptors (Lipinski definition) is 0. The summed E-state index contributed by atoms with van der Waals surface area (Å²) >= 11 is 6.51. The normalized spacial score (nSPS) is 13.8. The van der Waals surface area contributed by atoms with E-state index in [1.165, 1.54) is 49.7 Å². The van der Waals surface area contributed by atoms with Gasteiger partial charge >= 0.3 is 0 Å². The first-order chi connectivity index (χ1) is 17.0. The second-order valence-electron chi connectivity index (χ2n) is 10.00. The summed E-state index contributed by atoms with van der Waals surface area (Å²) in [4.78, 5) is 0. The maximum Gasteiger partial charge on any atom is 0.0555 e. The quantitative estimate of drug-likeness (QED) is 0.238. The lowest BCUT2D eigenvalue weighted by molar-refractivity contribution is 0.661. The molecule has 2 heteroatoms. The Morgan fingerprint density at radius 1 is 0.571 bits per heavy atom. The summed E-state index contributed by atoms with van der Waals surface area (Å²) in [5.41, 5.74) is 11.3. The van der Waals surface area contributed by atoms with Crippen molar-refractivity contribution in [2.75, 3.05) is 0 Å². The maximum atomic E-state index is 6.51. The van der Waals surface area contributed by atoms with Crippen molar-refractivity contribution in [3.8, 4) is 27.9 Å². The average molecular weight is 470 g/mol. The second-order valence-corrected chi connectivity index (χ2v) is 10.4. The van der Waals surface area contributed by atoms with Crippen molar-refractivity contribution >= 4 is 33.4 Å². The Hall–Kier alpha value is -3.81. The Morgan fingerprint density at radius 3 is 2.06 bits per heavy atom. The Labute approximate surface area is 210 Å². The van der Waals surface area contributed by atoms with Crippen molar-refractivity contribution in [2.45, 2.75) is 19.3 Å². The molecule has 0 radical (unpaired) electrons. The largest absolute Gasteiger partial charge is 0.309 e. The molecule has 0 spiro atoms. The van der Waals surface area contributed by atoms with Gasteiger partial charge in [0, 0.05) is 26.9 Å².